The van der Waals surface area contributed by atoms with E-state index in [-0.39, 0.29) is 5.41 Å². The highest BCUT2D eigenvalue weighted by Crippen LogP contribution is 2.34. The van der Waals surface area contributed by atoms with Gasteiger partial charge in [-0.2, -0.15) is 0 Å². The molecule has 3 heteroatoms. The van der Waals surface area contributed by atoms with Crippen LogP contribution >= 0.6 is 11.3 Å². The van der Waals surface area contributed by atoms with Crippen molar-refractivity contribution in [1.29, 1.82) is 0 Å². The van der Waals surface area contributed by atoms with Crippen LogP contribution in [0.4, 0.5) is 0 Å². The molecular formula is C13H15NOS. The fraction of sp³-hybridized carbons (Fsp3) is 0.308. The molecule has 1 N–H and O–H groups in total. The Morgan fingerprint density at radius 2 is 2.00 bits per heavy atom. The Bertz CT molecular complexity index is 483. The van der Waals surface area contributed by atoms with Crippen molar-refractivity contribution < 1.29 is 5.11 Å². The Balaban J connectivity index is 2.62. The number of phenols is 1. The molecule has 84 valence electrons. The maximum absolute atomic E-state index is 9.58. The fourth-order valence-electron chi connectivity index (χ4n) is 1.72. The smallest absolute Gasteiger partial charge is 0.115 e. The third-order valence-corrected chi connectivity index (χ3v) is 3.11. The van der Waals surface area contributed by atoms with Gasteiger partial charge in [0.15, 0.2) is 0 Å². The lowest BCUT2D eigenvalue weighted by molar-refractivity contribution is 0.471. The lowest BCUT2D eigenvalue weighted by Crippen LogP contribution is -2.12. The highest BCUT2D eigenvalue weighted by atomic mass is 32.1. The molecule has 1 aromatic carbocycles. The number of aromatic hydroxyl groups is 1. The van der Waals surface area contributed by atoms with Crippen LogP contribution in [0.25, 0.3) is 11.3 Å². The van der Waals surface area contributed by atoms with Crippen LogP contribution in [0.15, 0.2) is 29.1 Å². The summed E-state index contributed by atoms with van der Waals surface area (Å²) in [5.74, 6) is 0.309. The molecule has 0 saturated heterocycles. The molecule has 0 spiro atoms. The second-order valence-corrected chi connectivity index (χ2v) is 5.57. The molecule has 0 radical (unpaired) electrons. The van der Waals surface area contributed by atoms with Gasteiger partial charge in [-0.05, 0) is 29.2 Å². The maximum atomic E-state index is 9.58. The molecule has 0 aliphatic rings. The molecule has 2 rings (SSSR count). The van der Waals surface area contributed by atoms with Crippen molar-refractivity contribution in [2.24, 2.45) is 0 Å². The van der Waals surface area contributed by atoms with Gasteiger partial charge in [0.1, 0.15) is 5.75 Å². The average molecular weight is 233 g/mol. The van der Waals surface area contributed by atoms with Gasteiger partial charge in [0.2, 0.25) is 0 Å². The van der Waals surface area contributed by atoms with Gasteiger partial charge in [0, 0.05) is 10.9 Å². The SMILES string of the molecule is CC(C)(C)c1cc(O)ccc1-c1cscn1. The number of benzene rings is 1. The van der Waals surface area contributed by atoms with Crippen molar-refractivity contribution in [2.75, 3.05) is 0 Å². The molecule has 2 aromatic rings. The number of hydrogen-bond donors (Lipinski definition) is 1. The molecule has 0 aliphatic heterocycles. The normalized spacial score (nSPS) is 11.7. The second kappa shape index (κ2) is 3.91. The van der Waals surface area contributed by atoms with Crippen molar-refractivity contribution in [1.82, 2.24) is 4.98 Å². The number of phenolic OH excluding ortho intramolecular Hbond substituents is 1. The van der Waals surface area contributed by atoms with Crippen LogP contribution in [0.1, 0.15) is 26.3 Å². The van der Waals surface area contributed by atoms with Crippen LogP contribution in [0, 0.1) is 0 Å². The van der Waals surface area contributed by atoms with E-state index in [2.05, 4.69) is 25.8 Å². The van der Waals surface area contributed by atoms with E-state index in [0.29, 0.717) is 5.75 Å². The summed E-state index contributed by atoms with van der Waals surface area (Å²) in [6.45, 7) is 6.41. The first-order chi connectivity index (χ1) is 7.48. The molecule has 0 amide bonds. The van der Waals surface area contributed by atoms with E-state index in [1.807, 2.05) is 23.0 Å². The lowest BCUT2D eigenvalue weighted by Gasteiger charge is -2.22. The zero-order chi connectivity index (χ0) is 11.8. The van der Waals surface area contributed by atoms with E-state index in [4.69, 9.17) is 0 Å². The predicted octanol–water partition coefficient (Wildman–Crippen LogP) is 3.81. The fourth-order valence-corrected chi connectivity index (χ4v) is 2.27. The molecular weight excluding hydrogens is 218 g/mol. The van der Waals surface area contributed by atoms with Gasteiger partial charge < -0.3 is 5.11 Å². The summed E-state index contributed by atoms with van der Waals surface area (Å²) >= 11 is 1.58. The van der Waals surface area contributed by atoms with E-state index in [1.54, 1.807) is 17.4 Å². The van der Waals surface area contributed by atoms with Gasteiger partial charge in [0.05, 0.1) is 11.2 Å². The zero-order valence-electron chi connectivity index (χ0n) is 9.69. The number of aromatic nitrogens is 1. The standard InChI is InChI=1S/C13H15NOS/c1-13(2,3)11-6-9(15)4-5-10(11)12-7-16-8-14-12/h4-8,15H,1-3H3. The molecule has 0 bridgehead atoms. The minimum Gasteiger partial charge on any atom is -0.508 e. The molecule has 0 saturated carbocycles. The summed E-state index contributed by atoms with van der Waals surface area (Å²) < 4.78 is 0. The molecule has 2 nitrogen and oxygen atoms in total. The van der Waals surface area contributed by atoms with Crippen molar-refractivity contribution in [3.63, 3.8) is 0 Å². The quantitative estimate of drug-likeness (QED) is 0.812. The highest BCUT2D eigenvalue weighted by Gasteiger charge is 2.20. The van der Waals surface area contributed by atoms with Gasteiger partial charge in [0.25, 0.3) is 0 Å². The first kappa shape index (κ1) is 11.1. The van der Waals surface area contributed by atoms with E-state index < -0.39 is 0 Å². The van der Waals surface area contributed by atoms with E-state index in [1.165, 1.54) is 0 Å². The van der Waals surface area contributed by atoms with Crippen molar-refractivity contribution in [2.45, 2.75) is 26.2 Å². The van der Waals surface area contributed by atoms with Gasteiger partial charge in [-0.15, -0.1) is 11.3 Å². The monoisotopic (exact) mass is 233 g/mol. The van der Waals surface area contributed by atoms with Crippen molar-refractivity contribution >= 4 is 11.3 Å². The summed E-state index contributed by atoms with van der Waals surface area (Å²) in [5, 5.41) is 11.6. The van der Waals surface area contributed by atoms with Crippen LogP contribution in [0.2, 0.25) is 0 Å². The number of hydrogen-bond acceptors (Lipinski definition) is 3. The Kier molecular flexibility index (Phi) is 2.72. The number of thiazole rings is 1. The largest absolute Gasteiger partial charge is 0.508 e. The van der Waals surface area contributed by atoms with E-state index >= 15 is 0 Å². The van der Waals surface area contributed by atoms with Crippen molar-refractivity contribution in [3.8, 4) is 17.0 Å². The van der Waals surface area contributed by atoms with Gasteiger partial charge in [-0.25, -0.2) is 4.98 Å². The average Bonchev–Trinajstić information content (AvgIpc) is 2.69. The third-order valence-electron chi connectivity index (χ3n) is 2.52. The van der Waals surface area contributed by atoms with Gasteiger partial charge >= 0.3 is 0 Å². The van der Waals surface area contributed by atoms with Crippen LogP contribution in [-0.4, -0.2) is 10.1 Å². The second-order valence-electron chi connectivity index (χ2n) is 4.85. The predicted molar refractivity (Wildman–Crippen MR) is 67.9 cm³/mol. The minimum atomic E-state index is -0.00229. The summed E-state index contributed by atoms with van der Waals surface area (Å²) in [7, 11) is 0. The Morgan fingerprint density at radius 1 is 1.25 bits per heavy atom. The van der Waals surface area contributed by atoms with Crippen LogP contribution in [-0.2, 0) is 5.41 Å². The molecule has 0 fully saturated rings. The van der Waals surface area contributed by atoms with Crippen LogP contribution in [0.3, 0.4) is 0 Å². The third kappa shape index (κ3) is 2.09. The Hall–Kier alpha value is -1.35. The maximum Gasteiger partial charge on any atom is 0.115 e. The van der Waals surface area contributed by atoms with E-state index in [0.717, 1.165) is 16.8 Å². The molecule has 1 heterocycles. The Labute approximate surface area is 99.6 Å². The lowest BCUT2D eigenvalue weighted by atomic mass is 9.83. The summed E-state index contributed by atoms with van der Waals surface area (Å²) in [5.41, 5.74) is 5.03. The summed E-state index contributed by atoms with van der Waals surface area (Å²) in [6.07, 6.45) is 0. The van der Waals surface area contributed by atoms with Crippen LogP contribution < -0.4 is 0 Å². The molecule has 0 aliphatic carbocycles. The first-order valence-corrected chi connectivity index (χ1v) is 6.15. The highest BCUT2D eigenvalue weighted by molar-refractivity contribution is 7.07. The molecule has 16 heavy (non-hydrogen) atoms. The van der Waals surface area contributed by atoms with Crippen LogP contribution in [0.5, 0.6) is 5.75 Å². The van der Waals surface area contributed by atoms with Crippen molar-refractivity contribution in [3.05, 3.63) is 34.7 Å². The number of rotatable bonds is 1. The first-order valence-electron chi connectivity index (χ1n) is 5.20. The summed E-state index contributed by atoms with van der Waals surface area (Å²) in [6, 6.07) is 5.48. The minimum absolute atomic E-state index is 0.00229. The zero-order valence-corrected chi connectivity index (χ0v) is 10.5. The van der Waals surface area contributed by atoms with Gasteiger partial charge in [-0.1, -0.05) is 20.8 Å². The molecule has 0 unspecified atom stereocenters. The Morgan fingerprint density at radius 3 is 2.56 bits per heavy atom. The number of nitrogens with zero attached hydrogens (tertiary/aromatic N) is 1. The van der Waals surface area contributed by atoms with E-state index in [9.17, 15) is 5.11 Å². The van der Waals surface area contributed by atoms with Gasteiger partial charge in [-0.3, -0.25) is 0 Å². The topological polar surface area (TPSA) is 33.1 Å². The summed E-state index contributed by atoms with van der Waals surface area (Å²) in [4.78, 5) is 4.33. The molecule has 1 aromatic heterocycles. The molecule has 0 atom stereocenters.